The summed E-state index contributed by atoms with van der Waals surface area (Å²) in [6.07, 6.45) is 4.08. The molecule has 1 aromatic heterocycles. The lowest BCUT2D eigenvalue weighted by molar-refractivity contribution is -0.127. The number of hydrogen-bond acceptors (Lipinski definition) is 4. The van der Waals surface area contributed by atoms with Crippen LogP contribution in [0, 0.1) is 5.82 Å². The first-order valence-electron chi connectivity index (χ1n) is 9.07. The van der Waals surface area contributed by atoms with Crippen LogP contribution in [-0.2, 0) is 16.0 Å². The summed E-state index contributed by atoms with van der Waals surface area (Å²) in [5.74, 6) is -0.883. The molecule has 1 atom stereocenters. The lowest BCUT2D eigenvalue weighted by Crippen LogP contribution is -2.40. The summed E-state index contributed by atoms with van der Waals surface area (Å²) in [4.78, 5) is 32.4. The Kier molecular flexibility index (Phi) is 6.30. The average molecular weight is 400 g/mol. The van der Waals surface area contributed by atoms with Crippen molar-refractivity contribution in [3.63, 3.8) is 0 Å². The molecule has 1 aliphatic rings. The number of hydrogen-bond donors (Lipinski definition) is 1. The Morgan fingerprint density at radius 3 is 2.54 bits per heavy atom. The zero-order valence-corrected chi connectivity index (χ0v) is 16.3. The zero-order valence-electron chi connectivity index (χ0n) is 15.5. The molecule has 0 aliphatic carbocycles. The molecule has 2 heterocycles. The Morgan fingerprint density at radius 2 is 1.89 bits per heavy atom. The number of halogens is 1. The van der Waals surface area contributed by atoms with Crippen molar-refractivity contribution in [2.24, 2.45) is 0 Å². The SMILES string of the molecule is CCNC(=O)C[C@H]1C(=O)N(c2ccc(F)cc2)C(=S)N1CCc1ccncc1. The number of thiocarbonyl (C=S) groups is 1. The van der Waals surface area contributed by atoms with Gasteiger partial charge in [0, 0.05) is 25.5 Å². The molecule has 1 N–H and O–H groups in total. The minimum absolute atomic E-state index is 0.0147. The Labute approximate surface area is 168 Å². The molecule has 0 saturated carbocycles. The molecule has 8 heteroatoms. The van der Waals surface area contributed by atoms with Gasteiger partial charge in [-0.05, 0) is 67.5 Å². The van der Waals surface area contributed by atoms with Crippen LogP contribution >= 0.6 is 12.2 Å². The molecule has 3 rings (SSSR count). The van der Waals surface area contributed by atoms with Gasteiger partial charge in [-0.25, -0.2) is 4.39 Å². The fourth-order valence-corrected chi connectivity index (χ4v) is 3.57. The lowest BCUT2D eigenvalue weighted by Gasteiger charge is -2.23. The van der Waals surface area contributed by atoms with Crippen molar-refractivity contribution >= 4 is 34.8 Å². The van der Waals surface area contributed by atoms with Crippen molar-refractivity contribution in [1.82, 2.24) is 15.2 Å². The summed E-state index contributed by atoms with van der Waals surface area (Å²) in [5, 5.41) is 3.05. The molecular weight excluding hydrogens is 379 g/mol. The standard InChI is InChI=1S/C20H21FN4O2S/c1-2-23-18(26)13-17-19(27)25(16-5-3-15(21)4-6-16)20(28)24(17)12-9-14-7-10-22-11-8-14/h3-8,10-11,17H,2,9,12-13H2,1H3,(H,23,26)/t17-/m0/s1. The third-order valence-electron chi connectivity index (χ3n) is 4.55. The first kappa shape index (κ1) is 19.9. The summed E-state index contributed by atoms with van der Waals surface area (Å²) in [5.41, 5.74) is 1.55. The van der Waals surface area contributed by atoms with Crippen LogP contribution in [0.5, 0.6) is 0 Å². The molecule has 6 nitrogen and oxygen atoms in total. The molecule has 2 amide bonds. The van der Waals surface area contributed by atoms with E-state index in [-0.39, 0.29) is 18.2 Å². The highest BCUT2D eigenvalue weighted by Crippen LogP contribution is 2.27. The van der Waals surface area contributed by atoms with Crippen LogP contribution < -0.4 is 10.2 Å². The van der Waals surface area contributed by atoms with Crippen LogP contribution in [0.4, 0.5) is 10.1 Å². The number of nitrogens with zero attached hydrogens (tertiary/aromatic N) is 3. The highest BCUT2D eigenvalue weighted by atomic mass is 32.1. The van der Waals surface area contributed by atoms with E-state index in [0.717, 1.165) is 5.56 Å². The van der Waals surface area contributed by atoms with Crippen molar-refractivity contribution in [2.45, 2.75) is 25.8 Å². The van der Waals surface area contributed by atoms with Gasteiger partial charge in [-0.1, -0.05) is 0 Å². The minimum Gasteiger partial charge on any atom is -0.356 e. The van der Waals surface area contributed by atoms with Crippen LogP contribution in [0.15, 0.2) is 48.8 Å². The van der Waals surface area contributed by atoms with Crippen LogP contribution in [0.1, 0.15) is 18.9 Å². The Bertz CT molecular complexity index is 860. The summed E-state index contributed by atoms with van der Waals surface area (Å²) < 4.78 is 13.3. The Morgan fingerprint density at radius 1 is 1.21 bits per heavy atom. The zero-order chi connectivity index (χ0) is 20.1. The number of anilines is 1. The van der Waals surface area contributed by atoms with Crippen molar-refractivity contribution in [3.05, 3.63) is 60.2 Å². The number of carbonyl (C=O) groups excluding carboxylic acids is 2. The van der Waals surface area contributed by atoms with E-state index in [1.165, 1.54) is 29.2 Å². The molecule has 1 aromatic carbocycles. The maximum absolute atomic E-state index is 13.3. The monoisotopic (exact) mass is 400 g/mol. The summed E-state index contributed by atoms with van der Waals surface area (Å²) >= 11 is 5.56. The third-order valence-corrected chi connectivity index (χ3v) is 4.96. The van der Waals surface area contributed by atoms with Crippen LogP contribution in [0.2, 0.25) is 0 Å². The van der Waals surface area contributed by atoms with Gasteiger partial charge in [0.25, 0.3) is 5.91 Å². The van der Waals surface area contributed by atoms with E-state index in [1.807, 2.05) is 19.1 Å². The topological polar surface area (TPSA) is 65.5 Å². The number of amides is 2. The Balaban J connectivity index is 1.84. The first-order chi connectivity index (χ1) is 13.5. The summed E-state index contributed by atoms with van der Waals surface area (Å²) in [7, 11) is 0. The quantitative estimate of drug-likeness (QED) is 0.723. The number of nitrogens with one attached hydrogen (secondary N) is 1. The van der Waals surface area contributed by atoms with E-state index in [2.05, 4.69) is 10.3 Å². The summed E-state index contributed by atoms with van der Waals surface area (Å²) in [6, 6.07) is 8.69. The fourth-order valence-electron chi connectivity index (χ4n) is 3.16. The number of aromatic nitrogens is 1. The maximum Gasteiger partial charge on any atom is 0.256 e. The molecule has 1 aliphatic heterocycles. The second kappa shape index (κ2) is 8.88. The third kappa shape index (κ3) is 4.33. The molecule has 0 unspecified atom stereocenters. The molecule has 1 saturated heterocycles. The normalized spacial score (nSPS) is 16.6. The fraction of sp³-hybridized carbons (Fsp3) is 0.300. The molecule has 0 radical (unpaired) electrons. The van der Waals surface area contributed by atoms with Gasteiger partial charge in [0.05, 0.1) is 12.1 Å². The van der Waals surface area contributed by atoms with Gasteiger partial charge >= 0.3 is 0 Å². The molecular formula is C20H21FN4O2S. The maximum atomic E-state index is 13.3. The molecule has 28 heavy (non-hydrogen) atoms. The average Bonchev–Trinajstić information content (AvgIpc) is 2.92. The Hall–Kier alpha value is -2.87. The lowest BCUT2D eigenvalue weighted by atomic mass is 10.1. The van der Waals surface area contributed by atoms with Crippen molar-refractivity contribution in [2.75, 3.05) is 18.0 Å². The van der Waals surface area contributed by atoms with E-state index < -0.39 is 11.9 Å². The molecule has 146 valence electrons. The van der Waals surface area contributed by atoms with Gasteiger partial charge in [-0.15, -0.1) is 0 Å². The molecule has 0 bridgehead atoms. The van der Waals surface area contributed by atoms with E-state index in [9.17, 15) is 14.0 Å². The van der Waals surface area contributed by atoms with Crippen molar-refractivity contribution < 1.29 is 14.0 Å². The molecule has 2 aromatic rings. The first-order valence-corrected chi connectivity index (χ1v) is 9.47. The smallest absolute Gasteiger partial charge is 0.256 e. The second-order valence-electron chi connectivity index (χ2n) is 6.40. The van der Waals surface area contributed by atoms with Gasteiger partial charge in [0.2, 0.25) is 5.91 Å². The number of rotatable bonds is 7. The minimum atomic E-state index is -0.689. The van der Waals surface area contributed by atoms with Crippen LogP contribution in [0.3, 0.4) is 0 Å². The van der Waals surface area contributed by atoms with Gasteiger partial charge < -0.3 is 10.2 Å². The van der Waals surface area contributed by atoms with Gasteiger partial charge in [-0.3, -0.25) is 19.5 Å². The predicted octanol–water partition coefficient (Wildman–Crippen LogP) is 2.29. The predicted molar refractivity (Wildman–Crippen MR) is 108 cm³/mol. The second-order valence-corrected chi connectivity index (χ2v) is 6.77. The van der Waals surface area contributed by atoms with Gasteiger partial charge in [-0.2, -0.15) is 0 Å². The van der Waals surface area contributed by atoms with Crippen molar-refractivity contribution in [3.8, 4) is 0 Å². The van der Waals surface area contributed by atoms with Crippen LogP contribution in [-0.4, -0.2) is 45.9 Å². The van der Waals surface area contributed by atoms with E-state index in [0.29, 0.717) is 30.3 Å². The van der Waals surface area contributed by atoms with Gasteiger partial charge in [0.15, 0.2) is 5.11 Å². The number of pyridine rings is 1. The largest absolute Gasteiger partial charge is 0.356 e. The highest BCUT2D eigenvalue weighted by molar-refractivity contribution is 7.80. The van der Waals surface area contributed by atoms with E-state index in [4.69, 9.17) is 12.2 Å². The van der Waals surface area contributed by atoms with Crippen LogP contribution in [0.25, 0.3) is 0 Å². The number of benzene rings is 1. The van der Waals surface area contributed by atoms with E-state index in [1.54, 1.807) is 17.3 Å². The van der Waals surface area contributed by atoms with E-state index >= 15 is 0 Å². The molecule has 1 fully saturated rings. The van der Waals surface area contributed by atoms with Gasteiger partial charge in [0.1, 0.15) is 11.9 Å². The number of carbonyl (C=O) groups is 2. The van der Waals surface area contributed by atoms with Crippen molar-refractivity contribution in [1.29, 1.82) is 0 Å². The molecule has 0 spiro atoms. The highest BCUT2D eigenvalue weighted by Gasteiger charge is 2.43. The summed E-state index contributed by atoms with van der Waals surface area (Å²) in [6.45, 7) is 2.80.